The zero-order valence-electron chi connectivity index (χ0n) is 33.5. The fraction of sp³-hybridized carbons (Fsp3) is 0.185. The summed E-state index contributed by atoms with van der Waals surface area (Å²) in [5, 5.41) is 3.82. The van der Waals surface area contributed by atoms with E-state index in [1.54, 1.807) is 0 Å². The maximum absolute atomic E-state index is 2.49. The lowest BCUT2D eigenvalue weighted by molar-refractivity contribution is 0.569. The van der Waals surface area contributed by atoms with Crippen molar-refractivity contribution in [3.05, 3.63) is 186 Å². The molecule has 0 saturated carbocycles. The molecule has 0 bridgehead atoms. The molecule has 0 spiro atoms. The molecular formula is C54H50N2. The summed E-state index contributed by atoms with van der Waals surface area (Å²) in [6.45, 7) is 13.9. The van der Waals surface area contributed by atoms with E-state index in [0.717, 1.165) is 29.9 Å². The second kappa shape index (κ2) is 13.9. The minimum absolute atomic E-state index is 0.0135. The summed E-state index contributed by atoms with van der Waals surface area (Å²) >= 11 is 0. The number of benzene rings is 7. The van der Waals surface area contributed by atoms with Crippen LogP contribution in [0.5, 0.6) is 0 Å². The van der Waals surface area contributed by atoms with E-state index in [1.807, 2.05) is 0 Å². The van der Waals surface area contributed by atoms with Crippen molar-refractivity contribution in [2.75, 3.05) is 4.90 Å². The van der Waals surface area contributed by atoms with Crippen molar-refractivity contribution in [1.29, 1.82) is 0 Å². The number of para-hydroxylation sites is 4. The van der Waals surface area contributed by atoms with Crippen LogP contribution in [0.15, 0.2) is 164 Å². The van der Waals surface area contributed by atoms with Gasteiger partial charge in [-0.2, -0.15) is 0 Å². The summed E-state index contributed by atoms with van der Waals surface area (Å²) in [4.78, 5) is 2.49. The molecule has 0 N–H and O–H groups in total. The van der Waals surface area contributed by atoms with Crippen molar-refractivity contribution < 1.29 is 0 Å². The first-order valence-electron chi connectivity index (χ1n) is 20.1. The molecule has 0 unspecified atom stereocenters. The van der Waals surface area contributed by atoms with Gasteiger partial charge < -0.3 is 9.47 Å². The van der Waals surface area contributed by atoms with Crippen LogP contribution in [-0.2, 0) is 17.3 Å². The summed E-state index contributed by atoms with van der Waals surface area (Å²) in [5.41, 5.74) is 16.2. The summed E-state index contributed by atoms with van der Waals surface area (Å²) in [7, 11) is 0. The number of fused-ring (bicyclic) bond motifs is 4. The molecule has 9 rings (SSSR count). The predicted octanol–water partition coefficient (Wildman–Crippen LogP) is 15.1. The molecule has 2 nitrogen and oxygen atoms in total. The normalized spacial score (nSPS) is 13.0. The van der Waals surface area contributed by atoms with E-state index in [0.29, 0.717) is 0 Å². The molecule has 2 heteroatoms. The van der Waals surface area contributed by atoms with Crippen LogP contribution in [0.3, 0.4) is 0 Å². The Morgan fingerprint density at radius 1 is 0.536 bits per heavy atom. The summed E-state index contributed by atoms with van der Waals surface area (Å²) < 4.78 is 2.49. The van der Waals surface area contributed by atoms with Crippen molar-refractivity contribution >= 4 is 44.8 Å². The van der Waals surface area contributed by atoms with Gasteiger partial charge in [-0.25, -0.2) is 0 Å². The Kier molecular flexibility index (Phi) is 8.81. The molecule has 0 aliphatic heterocycles. The average molecular weight is 727 g/mol. The van der Waals surface area contributed by atoms with Crippen LogP contribution in [0.4, 0.5) is 17.1 Å². The first-order valence-corrected chi connectivity index (χ1v) is 20.1. The van der Waals surface area contributed by atoms with Crippen molar-refractivity contribution in [2.24, 2.45) is 0 Å². The molecule has 0 atom stereocenters. The molecule has 0 radical (unpaired) electrons. The van der Waals surface area contributed by atoms with E-state index in [-0.39, 0.29) is 10.8 Å². The maximum Gasteiger partial charge on any atom is 0.0779 e. The smallest absolute Gasteiger partial charge is 0.0779 e. The highest BCUT2D eigenvalue weighted by molar-refractivity contribution is 6.10. The van der Waals surface area contributed by atoms with E-state index in [2.05, 4.69) is 221 Å². The molecular weight excluding hydrogens is 677 g/mol. The number of nitrogens with zero attached hydrogens (tertiary/aromatic N) is 2. The molecule has 1 heterocycles. The summed E-state index contributed by atoms with van der Waals surface area (Å²) in [5.74, 6) is 0. The largest absolute Gasteiger partial charge is 0.308 e. The lowest BCUT2D eigenvalue weighted by Crippen LogP contribution is -2.16. The number of anilines is 3. The third-order valence-corrected chi connectivity index (χ3v) is 11.5. The lowest BCUT2D eigenvalue weighted by atomic mass is 9.78. The molecule has 7 aromatic carbocycles. The molecule has 1 aliphatic rings. The molecule has 56 heavy (non-hydrogen) atoms. The molecule has 0 saturated heterocycles. The van der Waals surface area contributed by atoms with Crippen LogP contribution < -0.4 is 4.90 Å². The zero-order valence-corrected chi connectivity index (χ0v) is 33.5. The number of aryl methyl sites for hydroxylation is 1. The number of aromatic nitrogens is 1. The zero-order chi connectivity index (χ0) is 38.6. The highest BCUT2D eigenvalue weighted by atomic mass is 15.2. The monoisotopic (exact) mass is 726 g/mol. The highest BCUT2D eigenvalue weighted by Gasteiger charge is 2.27. The van der Waals surface area contributed by atoms with E-state index in [9.17, 15) is 0 Å². The molecule has 0 amide bonds. The van der Waals surface area contributed by atoms with Crippen LogP contribution in [-0.4, -0.2) is 4.57 Å². The Balaban J connectivity index is 1.34. The minimum Gasteiger partial charge on any atom is -0.308 e. The second-order valence-electron chi connectivity index (χ2n) is 17.3. The quantitative estimate of drug-likeness (QED) is 0.166. The molecule has 1 aliphatic carbocycles. The Hall–Kier alpha value is -6.12. The SMILES string of the molecule is CC(C)(C)c1cc(-c2cccc3cccc(-c4ccccc4N(c4ccccc4)c4cccc5c6c(n(-c7ccccc7)c45)C=CCC6)c23)cc(C(C)(C)C)c1. The van der Waals surface area contributed by atoms with Gasteiger partial charge in [-0.05, 0) is 110 Å². The maximum atomic E-state index is 2.49. The van der Waals surface area contributed by atoms with Gasteiger partial charge in [0, 0.05) is 28.0 Å². The first kappa shape index (κ1) is 35.6. The van der Waals surface area contributed by atoms with Gasteiger partial charge >= 0.3 is 0 Å². The van der Waals surface area contributed by atoms with Gasteiger partial charge in [-0.15, -0.1) is 0 Å². The lowest BCUT2D eigenvalue weighted by Gasteiger charge is -2.30. The first-order chi connectivity index (χ1) is 27.1. The van der Waals surface area contributed by atoms with Gasteiger partial charge in [0.05, 0.1) is 16.9 Å². The van der Waals surface area contributed by atoms with Gasteiger partial charge in [0.2, 0.25) is 0 Å². The Bertz CT molecular complexity index is 2710. The third-order valence-electron chi connectivity index (χ3n) is 11.5. The van der Waals surface area contributed by atoms with Gasteiger partial charge in [0.25, 0.3) is 0 Å². The van der Waals surface area contributed by atoms with Crippen LogP contribution in [0, 0.1) is 0 Å². The Morgan fingerprint density at radius 2 is 1.12 bits per heavy atom. The van der Waals surface area contributed by atoms with Crippen molar-refractivity contribution in [3.8, 4) is 27.9 Å². The number of allylic oxidation sites excluding steroid dienone is 1. The standard InChI is InChI=1S/C54H50N2/c1-53(2,3)39-34-38(35-40(36-39)54(4,5)6)43-28-17-20-37-21-18-29-46(51(37)43)44-26-13-15-31-48(44)55(41-22-9-7-10-23-41)50-33-19-30-47-45-27-14-16-32-49(45)56(52(47)50)42-24-11-8-12-25-42/h7-13,15-26,28-36H,14,27H2,1-6H3. The van der Waals surface area contributed by atoms with Crippen molar-refractivity contribution in [1.82, 2.24) is 4.57 Å². The van der Waals surface area contributed by atoms with Gasteiger partial charge in [0.1, 0.15) is 0 Å². The number of hydrogen-bond donors (Lipinski definition) is 0. The Morgan fingerprint density at radius 3 is 1.82 bits per heavy atom. The van der Waals surface area contributed by atoms with Crippen LogP contribution in [0.2, 0.25) is 0 Å². The van der Waals surface area contributed by atoms with Gasteiger partial charge in [0.15, 0.2) is 0 Å². The molecule has 8 aromatic rings. The second-order valence-corrected chi connectivity index (χ2v) is 17.3. The Labute approximate surface area is 332 Å². The van der Waals surface area contributed by atoms with Crippen LogP contribution in [0.25, 0.3) is 55.7 Å². The molecule has 0 fully saturated rings. The van der Waals surface area contributed by atoms with Crippen molar-refractivity contribution in [3.63, 3.8) is 0 Å². The third kappa shape index (κ3) is 6.24. The van der Waals surface area contributed by atoms with Gasteiger partial charge in [-0.3, -0.25) is 0 Å². The summed E-state index contributed by atoms with van der Waals surface area (Å²) in [6, 6.07) is 58.5. The van der Waals surface area contributed by atoms with E-state index < -0.39 is 0 Å². The fourth-order valence-corrected chi connectivity index (χ4v) is 8.63. The topological polar surface area (TPSA) is 8.17 Å². The number of hydrogen-bond acceptors (Lipinski definition) is 1. The minimum atomic E-state index is 0.0135. The van der Waals surface area contributed by atoms with Crippen LogP contribution >= 0.6 is 0 Å². The van der Waals surface area contributed by atoms with Crippen molar-refractivity contribution in [2.45, 2.75) is 65.2 Å². The highest BCUT2D eigenvalue weighted by Crippen LogP contribution is 2.48. The van der Waals surface area contributed by atoms with E-state index in [4.69, 9.17) is 0 Å². The fourth-order valence-electron chi connectivity index (χ4n) is 8.63. The van der Waals surface area contributed by atoms with Crippen LogP contribution in [0.1, 0.15) is 70.3 Å². The molecule has 276 valence electrons. The van der Waals surface area contributed by atoms with Gasteiger partial charge in [-0.1, -0.05) is 169 Å². The van der Waals surface area contributed by atoms with E-state index >= 15 is 0 Å². The number of rotatable bonds is 6. The predicted molar refractivity (Wildman–Crippen MR) is 241 cm³/mol. The average Bonchev–Trinajstić information content (AvgIpc) is 3.56. The molecule has 1 aromatic heterocycles. The van der Waals surface area contributed by atoms with E-state index in [1.165, 1.54) is 72.0 Å². The summed E-state index contributed by atoms with van der Waals surface area (Å²) in [6.07, 6.45) is 6.73.